The topological polar surface area (TPSA) is 339 Å². The number of rotatable bonds is 30. The van der Waals surface area contributed by atoms with E-state index in [0.717, 1.165) is 0 Å². The van der Waals surface area contributed by atoms with E-state index in [-0.39, 0.29) is 30.1 Å². The summed E-state index contributed by atoms with van der Waals surface area (Å²) in [6, 6.07) is -8.63. The molecule has 0 aliphatic carbocycles. The average Bonchev–Trinajstić information content (AvgIpc) is 3.16. The molecule has 0 aliphatic rings. The molecule has 0 heterocycles. The van der Waals surface area contributed by atoms with Gasteiger partial charge in [-0.25, -0.2) is 4.79 Å². The van der Waals surface area contributed by atoms with Crippen LogP contribution < -0.4 is 54.4 Å². The summed E-state index contributed by atoms with van der Waals surface area (Å²) in [4.78, 5) is 102. The highest BCUT2D eigenvalue weighted by atomic mass is 32.2. The molecule has 0 unspecified atom stereocenters. The van der Waals surface area contributed by atoms with Crippen molar-refractivity contribution in [3.63, 3.8) is 0 Å². The van der Waals surface area contributed by atoms with Gasteiger partial charge in [0.05, 0.1) is 18.7 Å². The van der Waals surface area contributed by atoms with E-state index in [4.69, 9.17) is 17.2 Å². The first kappa shape index (κ1) is 53.0. The van der Waals surface area contributed by atoms with E-state index < -0.39 is 102 Å². The Morgan fingerprint density at radius 1 is 0.607 bits per heavy atom. The number of carboxylic acids is 1. The third kappa shape index (κ3) is 21.0. The Kier molecular flexibility index (Phi) is 28.5. The number of amides is 7. The quantitative estimate of drug-likeness (QED) is 0.0240. The monoisotopic (exact) mass is 872 g/mol. The predicted molar refractivity (Wildman–Crippen MR) is 222 cm³/mol. The molecule has 0 spiro atoms. The fourth-order valence-electron chi connectivity index (χ4n) is 4.76. The van der Waals surface area contributed by atoms with Gasteiger partial charge in [0.15, 0.2) is 6.04 Å². The zero-order valence-electron chi connectivity index (χ0n) is 31.7. The minimum atomic E-state index is -1.65. The lowest BCUT2D eigenvalue weighted by atomic mass is 10.1. The third-order valence-corrected chi connectivity index (χ3v) is 9.80. The number of carbonyl (C=O) groups excluding carboxylic acids is 7. The summed E-state index contributed by atoms with van der Waals surface area (Å²) in [5, 5.41) is 36.2. The Morgan fingerprint density at radius 3 is 1.50 bits per heavy atom. The van der Waals surface area contributed by atoms with Crippen molar-refractivity contribution in [2.45, 2.75) is 100 Å². The van der Waals surface area contributed by atoms with Gasteiger partial charge in [0.25, 0.3) is 0 Å². The average molecular weight is 873 g/mol. The van der Waals surface area contributed by atoms with Gasteiger partial charge in [-0.3, -0.25) is 33.6 Å². The zero-order valence-corrected chi connectivity index (χ0v) is 35.2. The largest absolute Gasteiger partial charge is 0.480 e. The Hall–Kier alpha value is -3.00. The van der Waals surface area contributed by atoms with E-state index in [9.17, 15) is 48.6 Å². The van der Waals surface area contributed by atoms with Crippen LogP contribution in [-0.4, -0.2) is 155 Å². The molecule has 8 atom stereocenters. The molecule has 0 aliphatic heterocycles. The highest BCUT2D eigenvalue weighted by molar-refractivity contribution is 7.98. The van der Waals surface area contributed by atoms with Gasteiger partial charge in [0.2, 0.25) is 41.4 Å². The fourth-order valence-corrected chi connectivity index (χ4v) is 6.01. The maximum atomic E-state index is 13.3. The van der Waals surface area contributed by atoms with E-state index in [1.165, 1.54) is 18.7 Å². The lowest BCUT2D eigenvalue weighted by molar-refractivity contribution is -0.145. The number of hydrogen-bond acceptors (Lipinski definition) is 16. The second-order valence-corrected chi connectivity index (χ2v) is 14.7. The molecule has 15 N–H and O–H groups in total. The molecule has 0 aromatic heterocycles. The Balaban J connectivity index is 5.57. The van der Waals surface area contributed by atoms with Crippen LogP contribution in [0.2, 0.25) is 0 Å². The number of nitrogens with one attached hydrogen (secondary N) is 7. The van der Waals surface area contributed by atoms with E-state index in [1.54, 1.807) is 6.26 Å². The zero-order chi connectivity index (χ0) is 42.8. The van der Waals surface area contributed by atoms with Crippen molar-refractivity contribution in [2.75, 3.05) is 48.9 Å². The van der Waals surface area contributed by atoms with Crippen LogP contribution in [0.25, 0.3) is 0 Å². The van der Waals surface area contributed by atoms with Gasteiger partial charge in [0, 0.05) is 17.3 Å². The number of hydrogen-bond donors (Lipinski definition) is 15. The summed E-state index contributed by atoms with van der Waals surface area (Å²) in [5.74, 6) is -6.95. The van der Waals surface area contributed by atoms with Crippen molar-refractivity contribution < 1.29 is 48.6 Å². The molecule has 0 rings (SSSR count). The minimum absolute atomic E-state index is 0.0628. The fraction of sp³-hybridized carbons (Fsp3) is 0.750. The van der Waals surface area contributed by atoms with E-state index >= 15 is 0 Å². The van der Waals surface area contributed by atoms with Crippen molar-refractivity contribution in [1.82, 2.24) is 37.2 Å². The van der Waals surface area contributed by atoms with Crippen molar-refractivity contribution in [1.29, 1.82) is 0 Å². The van der Waals surface area contributed by atoms with Gasteiger partial charge in [-0.2, -0.15) is 49.6 Å². The van der Waals surface area contributed by atoms with Gasteiger partial charge in [-0.1, -0.05) is 6.42 Å². The van der Waals surface area contributed by atoms with E-state index in [2.05, 4.69) is 75.1 Å². The first-order valence-corrected chi connectivity index (χ1v) is 21.3. The molecule has 0 radical (unpaired) electrons. The Morgan fingerprint density at radius 2 is 1.04 bits per heavy atom. The number of thiol groups is 3. The van der Waals surface area contributed by atoms with Crippen LogP contribution in [0.3, 0.4) is 0 Å². The number of thioether (sulfide) groups is 1. The van der Waals surface area contributed by atoms with Gasteiger partial charge >= 0.3 is 5.97 Å². The third-order valence-electron chi connectivity index (χ3n) is 8.06. The van der Waals surface area contributed by atoms with Crippen LogP contribution >= 0.6 is 49.6 Å². The van der Waals surface area contributed by atoms with Crippen molar-refractivity contribution in [2.24, 2.45) is 17.2 Å². The highest BCUT2D eigenvalue weighted by Gasteiger charge is 2.33. The number of unbranched alkanes of at least 4 members (excludes halogenated alkanes) is 2. The maximum Gasteiger partial charge on any atom is 0.328 e. The van der Waals surface area contributed by atoms with E-state index in [1.807, 2.05) is 0 Å². The maximum absolute atomic E-state index is 13.3. The van der Waals surface area contributed by atoms with Crippen molar-refractivity contribution in [3.8, 4) is 0 Å². The molecule has 20 nitrogen and oxygen atoms in total. The summed E-state index contributed by atoms with van der Waals surface area (Å²) in [6.45, 7) is 1.37. The molecular formula is C32H60N10O10S4. The molecule has 0 fully saturated rings. The van der Waals surface area contributed by atoms with Gasteiger partial charge in [-0.15, -0.1) is 0 Å². The normalized spacial score (nSPS) is 15.3. The van der Waals surface area contributed by atoms with Crippen LogP contribution in [0.15, 0.2) is 0 Å². The molecule has 0 bridgehead atoms. The lowest BCUT2D eigenvalue weighted by Gasteiger charge is -2.26. The highest BCUT2D eigenvalue weighted by Crippen LogP contribution is 2.06. The number of carboxylic acid groups (broad SMARTS) is 1. The molecule has 7 amide bonds. The summed E-state index contributed by atoms with van der Waals surface area (Å²) in [5.41, 5.74) is 16.9. The molecule has 56 heavy (non-hydrogen) atoms. The van der Waals surface area contributed by atoms with Crippen LogP contribution in [0.5, 0.6) is 0 Å². The Bertz CT molecular complexity index is 1290. The van der Waals surface area contributed by atoms with Gasteiger partial charge in [0.1, 0.15) is 30.2 Å². The summed E-state index contributed by atoms with van der Waals surface area (Å²) in [7, 11) is 0. The summed E-state index contributed by atoms with van der Waals surface area (Å²) in [6.07, 6.45) is 3.10. The van der Waals surface area contributed by atoms with Crippen LogP contribution in [0, 0.1) is 0 Å². The first-order valence-electron chi connectivity index (χ1n) is 18.0. The van der Waals surface area contributed by atoms with Gasteiger partial charge < -0.3 is 64.6 Å². The number of carbonyl (C=O) groups is 8. The number of aliphatic hydroxyl groups is 1. The lowest BCUT2D eigenvalue weighted by Crippen LogP contribution is -2.60. The molecule has 0 aromatic rings. The summed E-state index contributed by atoms with van der Waals surface area (Å²) >= 11 is 13.8. The standard InChI is InChI=1S/C32H60N10O10S4/c1-17(43)25(32(51)52)42-29(48)19(8-4-6-11-34)38-30(49)22(15-54)41-31(50)23(16-55)40-28(47)20(9-12-56-2)37-24(44)13-36-27(46)21(14-53)39-26(45)18(35)7-3-5-10-33/h17-23,25,43,53-55H,3-16,33-35H2,1-2H3,(H,36,46)(H,37,44)(H,38,49)(H,39,45)(H,40,47)(H,41,50)(H,42,48)(H,51,52)/t17-,18+,19+,20+,21+,22+,23+,25+/m1/s1. The number of aliphatic hydroxyl groups excluding tert-OH is 1. The molecule has 0 saturated heterocycles. The predicted octanol–water partition coefficient (Wildman–Crippen LogP) is -4.40. The van der Waals surface area contributed by atoms with Crippen molar-refractivity contribution >= 4 is 97.0 Å². The smallest absolute Gasteiger partial charge is 0.328 e. The molecule has 0 aromatic carbocycles. The minimum Gasteiger partial charge on any atom is -0.480 e. The second-order valence-electron chi connectivity index (χ2n) is 12.7. The SMILES string of the molecule is CSCC[C@H](NC(=O)CNC(=O)[C@H](CS)NC(=O)[C@@H](N)CCCCN)C(=O)N[C@@H](CS)C(=O)N[C@@H](CS)C(=O)N[C@@H](CCCCN)C(=O)N[C@H](C(=O)O)[C@@H](C)O. The van der Waals surface area contributed by atoms with Gasteiger partial charge in [-0.05, 0) is 70.5 Å². The second kappa shape index (κ2) is 30.1. The summed E-state index contributed by atoms with van der Waals surface area (Å²) < 4.78 is 0. The number of nitrogens with two attached hydrogens (primary N) is 3. The van der Waals surface area contributed by atoms with Crippen LogP contribution in [-0.2, 0) is 38.4 Å². The molecule has 24 heteroatoms. The molecule has 322 valence electrons. The van der Waals surface area contributed by atoms with E-state index in [0.29, 0.717) is 50.9 Å². The van der Waals surface area contributed by atoms with Crippen LogP contribution in [0.1, 0.15) is 51.9 Å². The Labute approximate surface area is 347 Å². The molecular weight excluding hydrogens is 813 g/mol. The van der Waals surface area contributed by atoms with Crippen LogP contribution in [0.4, 0.5) is 0 Å². The first-order chi connectivity index (χ1) is 26.5. The number of aliphatic carboxylic acids is 1. The van der Waals surface area contributed by atoms with Crippen molar-refractivity contribution in [3.05, 3.63) is 0 Å². The molecule has 0 saturated carbocycles.